The number of para-hydroxylation sites is 1. The number of nitrogens with one attached hydrogen (secondary N) is 2. The van der Waals surface area contributed by atoms with Gasteiger partial charge < -0.3 is 20.3 Å². The molecule has 0 spiro atoms. The summed E-state index contributed by atoms with van der Waals surface area (Å²) in [6, 6.07) is 9.92. The third-order valence-corrected chi connectivity index (χ3v) is 5.48. The molecule has 3 aliphatic heterocycles. The molecule has 2 N–H and O–H groups in total. The maximum absolute atomic E-state index is 13.1. The van der Waals surface area contributed by atoms with Crippen molar-refractivity contribution in [3.63, 3.8) is 0 Å². The van der Waals surface area contributed by atoms with E-state index in [4.69, 9.17) is 4.74 Å². The van der Waals surface area contributed by atoms with Crippen LogP contribution in [0.2, 0.25) is 0 Å². The van der Waals surface area contributed by atoms with Crippen LogP contribution in [0.25, 0.3) is 10.9 Å². The molecule has 1 unspecified atom stereocenters. The first-order valence-corrected chi connectivity index (χ1v) is 9.88. The van der Waals surface area contributed by atoms with Crippen LogP contribution in [0.4, 0.5) is 0 Å². The van der Waals surface area contributed by atoms with Crippen LogP contribution < -0.4 is 10.6 Å². The van der Waals surface area contributed by atoms with Crippen LogP contribution in [0.5, 0.6) is 0 Å². The van der Waals surface area contributed by atoms with Crippen LogP contribution in [0.3, 0.4) is 0 Å². The SMILES string of the molecule is O=C(NCc1ccnc2ccccc12)C1=C2C=CC=CN2C(N2CCOCC2)N1. The highest BCUT2D eigenvalue weighted by atomic mass is 16.5. The topological polar surface area (TPSA) is 69.7 Å². The number of carbonyl (C=O) groups is 1. The van der Waals surface area contributed by atoms with Crippen LogP contribution in [-0.4, -0.2) is 53.3 Å². The minimum atomic E-state index is -0.110. The Balaban J connectivity index is 1.34. The normalized spacial score (nSPS) is 21.4. The molecule has 7 nitrogen and oxygen atoms in total. The van der Waals surface area contributed by atoms with E-state index >= 15 is 0 Å². The van der Waals surface area contributed by atoms with E-state index in [0.717, 1.165) is 35.3 Å². The molecule has 148 valence electrons. The van der Waals surface area contributed by atoms with Gasteiger partial charge in [-0.05, 0) is 29.8 Å². The summed E-state index contributed by atoms with van der Waals surface area (Å²) in [6.45, 7) is 3.52. The Hall–Kier alpha value is -3.16. The van der Waals surface area contributed by atoms with Gasteiger partial charge in [0.25, 0.3) is 5.91 Å². The third kappa shape index (κ3) is 3.39. The van der Waals surface area contributed by atoms with Gasteiger partial charge in [-0.3, -0.25) is 14.7 Å². The molecule has 1 aromatic carbocycles. The molecule has 0 aliphatic carbocycles. The monoisotopic (exact) mass is 389 g/mol. The van der Waals surface area contributed by atoms with Gasteiger partial charge in [-0.2, -0.15) is 0 Å². The third-order valence-electron chi connectivity index (χ3n) is 5.48. The fourth-order valence-corrected chi connectivity index (χ4v) is 4.00. The molecule has 7 heteroatoms. The molecule has 0 saturated carbocycles. The lowest BCUT2D eigenvalue weighted by Crippen LogP contribution is -2.54. The molecular weight excluding hydrogens is 366 g/mol. The van der Waals surface area contributed by atoms with Gasteiger partial charge in [0.05, 0.1) is 24.4 Å². The Labute approximate surface area is 169 Å². The number of benzene rings is 1. The predicted octanol–water partition coefficient (Wildman–Crippen LogP) is 1.67. The van der Waals surface area contributed by atoms with Crippen molar-refractivity contribution in [2.24, 2.45) is 0 Å². The lowest BCUT2D eigenvalue weighted by molar-refractivity contribution is -0.118. The number of carbonyl (C=O) groups excluding carboxylic acids is 1. The van der Waals surface area contributed by atoms with E-state index in [1.807, 2.05) is 54.8 Å². The van der Waals surface area contributed by atoms with E-state index in [0.29, 0.717) is 25.5 Å². The molecular formula is C22H23N5O2. The highest BCUT2D eigenvalue weighted by molar-refractivity contribution is 5.95. The zero-order chi connectivity index (χ0) is 19.6. The number of fused-ring (bicyclic) bond motifs is 2. The van der Waals surface area contributed by atoms with Gasteiger partial charge in [0.2, 0.25) is 0 Å². The number of aromatic nitrogens is 1. The number of hydrogen-bond donors (Lipinski definition) is 2. The Bertz CT molecular complexity index is 1020. The number of allylic oxidation sites excluding steroid dienone is 3. The largest absolute Gasteiger partial charge is 0.379 e. The Morgan fingerprint density at radius 3 is 2.97 bits per heavy atom. The van der Waals surface area contributed by atoms with E-state index in [-0.39, 0.29) is 12.2 Å². The average Bonchev–Trinajstić information content (AvgIpc) is 3.18. The zero-order valence-corrected chi connectivity index (χ0v) is 16.0. The second-order valence-electron chi connectivity index (χ2n) is 7.20. The predicted molar refractivity (Wildman–Crippen MR) is 110 cm³/mol. The lowest BCUT2D eigenvalue weighted by atomic mass is 10.1. The van der Waals surface area contributed by atoms with Crippen molar-refractivity contribution < 1.29 is 9.53 Å². The number of ether oxygens (including phenoxy) is 1. The molecule has 1 amide bonds. The highest BCUT2D eigenvalue weighted by Crippen LogP contribution is 2.27. The van der Waals surface area contributed by atoms with Crippen molar-refractivity contribution >= 4 is 16.8 Å². The molecule has 0 radical (unpaired) electrons. The first-order valence-electron chi connectivity index (χ1n) is 9.88. The van der Waals surface area contributed by atoms with Gasteiger partial charge in [0.15, 0.2) is 6.29 Å². The van der Waals surface area contributed by atoms with Crippen molar-refractivity contribution in [1.82, 2.24) is 25.4 Å². The van der Waals surface area contributed by atoms with Crippen LogP contribution in [-0.2, 0) is 16.1 Å². The van der Waals surface area contributed by atoms with Crippen molar-refractivity contribution in [2.75, 3.05) is 26.3 Å². The zero-order valence-electron chi connectivity index (χ0n) is 16.0. The Kier molecular flexibility index (Phi) is 4.75. The second-order valence-corrected chi connectivity index (χ2v) is 7.20. The molecule has 2 aromatic rings. The highest BCUT2D eigenvalue weighted by Gasteiger charge is 2.36. The molecule has 1 fully saturated rings. The molecule has 4 heterocycles. The molecule has 5 rings (SSSR count). The molecule has 3 aliphatic rings. The first-order chi connectivity index (χ1) is 14.3. The number of amides is 1. The van der Waals surface area contributed by atoms with Crippen LogP contribution in [0, 0.1) is 0 Å². The molecule has 1 atom stereocenters. The average molecular weight is 389 g/mol. The summed E-state index contributed by atoms with van der Waals surface area (Å²) in [5, 5.41) is 7.56. The maximum atomic E-state index is 13.1. The number of morpholine rings is 1. The number of pyridine rings is 1. The molecule has 29 heavy (non-hydrogen) atoms. The van der Waals surface area contributed by atoms with E-state index in [2.05, 4.69) is 25.4 Å². The van der Waals surface area contributed by atoms with E-state index < -0.39 is 0 Å². The molecule has 0 bridgehead atoms. The fourth-order valence-electron chi connectivity index (χ4n) is 4.00. The summed E-state index contributed by atoms with van der Waals surface area (Å²) in [6.07, 6.45) is 9.65. The fraction of sp³-hybridized carbons (Fsp3) is 0.273. The van der Waals surface area contributed by atoms with Crippen molar-refractivity contribution in [3.05, 3.63) is 77.9 Å². The van der Waals surface area contributed by atoms with Crippen molar-refractivity contribution in [2.45, 2.75) is 12.8 Å². The van der Waals surface area contributed by atoms with Crippen LogP contribution >= 0.6 is 0 Å². The summed E-state index contributed by atoms with van der Waals surface area (Å²) >= 11 is 0. The van der Waals surface area contributed by atoms with Crippen molar-refractivity contribution in [1.29, 1.82) is 0 Å². The lowest BCUT2D eigenvalue weighted by Gasteiger charge is -2.37. The van der Waals surface area contributed by atoms with E-state index in [1.54, 1.807) is 6.20 Å². The Morgan fingerprint density at radius 2 is 2.07 bits per heavy atom. The summed E-state index contributed by atoms with van der Waals surface area (Å²) in [5.41, 5.74) is 3.47. The smallest absolute Gasteiger partial charge is 0.269 e. The maximum Gasteiger partial charge on any atom is 0.269 e. The van der Waals surface area contributed by atoms with Crippen LogP contribution in [0.15, 0.2) is 72.4 Å². The summed E-state index contributed by atoms with van der Waals surface area (Å²) < 4.78 is 5.47. The second kappa shape index (κ2) is 7.69. The Morgan fingerprint density at radius 1 is 1.21 bits per heavy atom. The van der Waals surface area contributed by atoms with Crippen molar-refractivity contribution in [3.8, 4) is 0 Å². The van der Waals surface area contributed by atoms with Crippen LogP contribution in [0.1, 0.15) is 5.56 Å². The molecule has 1 aromatic heterocycles. The van der Waals surface area contributed by atoms with Gasteiger partial charge in [0.1, 0.15) is 5.70 Å². The summed E-state index contributed by atoms with van der Waals surface area (Å²) in [7, 11) is 0. The van der Waals surface area contributed by atoms with Gasteiger partial charge in [-0.15, -0.1) is 0 Å². The summed E-state index contributed by atoms with van der Waals surface area (Å²) in [5.74, 6) is -0.110. The van der Waals surface area contributed by atoms with Gasteiger partial charge in [-0.1, -0.05) is 24.3 Å². The standard InChI is InChI=1S/C22H23N5O2/c28-21(24-15-16-8-9-23-18-6-2-1-5-17(16)18)20-19-7-3-4-10-27(19)22(25-20)26-11-13-29-14-12-26/h1-10,22,25H,11-15H2,(H,24,28). The minimum Gasteiger partial charge on any atom is -0.379 e. The summed E-state index contributed by atoms with van der Waals surface area (Å²) in [4.78, 5) is 21.9. The number of hydrogen-bond acceptors (Lipinski definition) is 6. The minimum absolute atomic E-state index is 0.0717. The first kappa shape index (κ1) is 17.9. The quantitative estimate of drug-likeness (QED) is 0.829. The van der Waals surface area contributed by atoms with Gasteiger partial charge in [0, 0.05) is 37.4 Å². The number of rotatable bonds is 4. The van der Waals surface area contributed by atoms with E-state index in [1.165, 1.54) is 0 Å². The van der Waals surface area contributed by atoms with E-state index in [9.17, 15) is 4.79 Å². The number of nitrogens with zero attached hydrogens (tertiary/aromatic N) is 3. The van der Waals surface area contributed by atoms with Gasteiger partial charge in [-0.25, -0.2) is 0 Å². The van der Waals surface area contributed by atoms with Gasteiger partial charge >= 0.3 is 0 Å². The molecule has 1 saturated heterocycles.